The lowest BCUT2D eigenvalue weighted by Gasteiger charge is -2.06. The molecule has 0 aliphatic rings. The van der Waals surface area contributed by atoms with E-state index in [-0.39, 0.29) is 11.6 Å². The smallest absolute Gasteiger partial charge is 0.258 e. The van der Waals surface area contributed by atoms with E-state index in [9.17, 15) is 10.1 Å². The molecular formula is C11H12N2O2. The van der Waals surface area contributed by atoms with E-state index < -0.39 is 4.92 Å². The summed E-state index contributed by atoms with van der Waals surface area (Å²) in [6.07, 6.45) is 1.71. The number of benzene rings is 1. The highest BCUT2D eigenvalue weighted by Gasteiger charge is 2.11. The maximum atomic E-state index is 10.4. The van der Waals surface area contributed by atoms with Gasteiger partial charge in [0.05, 0.1) is 16.9 Å². The minimum atomic E-state index is -0.440. The first kappa shape index (κ1) is 11.2. The van der Waals surface area contributed by atoms with E-state index in [1.165, 1.54) is 12.1 Å². The number of non-ortho nitro benzene ring substituents is 1. The van der Waals surface area contributed by atoms with Gasteiger partial charge in [-0.25, -0.2) is 0 Å². The topological polar surface area (TPSA) is 66.9 Å². The first-order valence-electron chi connectivity index (χ1n) is 4.83. The zero-order valence-electron chi connectivity index (χ0n) is 8.51. The third-order valence-electron chi connectivity index (χ3n) is 2.24. The number of hydrogen-bond donors (Lipinski definition) is 0. The van der Waals surface area contributed by atoms with Crippen molar-refractivity contribution in [2.45, 2.75) is 25.7 Å². The zero-order chi connectivity index (χ0) is 11.3. The molecule has 0 aliphatic carbocycles. The van der Waals surface area contributed by atoms with Crippen molar-refractivity contribution in [2.75, 3.05) is 0 Å². The van der Waals surface area contributed by atoms with Crippen molar-refractivity contribution in [1.82, 2.24) is 0 Å². The molecule has 0 heterocycles. The minimum Gasteiger partial charge on any atom is -0.258 e. The molecule has 0 saturated heterocycles. The molecule has 4 nitrogen and oxygen atoms in total. The maximum Gasteiger partial charge on any atom is 0.269 e. The van der Waals surface area contributed by atoms with Crippen LogP contribution in [0.2, 0.25) is 0 Å². The molecule has 0 saturated carbocycles. The standard InChI is InChI=1S/C11H12N2O2/c1-2-3-10(8-12)9-4-6-11(7-5-9)13(14)15/h4-7,10H,2-3H2,1H3. The van der Waals surface area contributed by atoms with Crippen LogP contribution in [0.1, 0.15) is 31.2 Å². The summed E-state index contributed by atoms with van der Waals surface area (Å²) in [7, 11) is 0. The molecule has 0 radical (unpaired) electrons. The van der Waals surface area contributed by atoms with Crippen LogP contribution in [0.15, 0.2) is 24.3 Å². The first-order valence-corrected chi connectivity index (χ1v) is 4.83. The van der Waals surface area contributed by atoms with E-state index in [2.05, 4.69) is 6.07 Å². The van der Waals surface area contributed by atoms with E-state index in [0.29, 0.717) is 0 Å². The van der Waals surface area contributed by atoms with Gasteiger partial charge in [-0.3, -0.25) is 10.1 Å². The lowest BCUT2D eigenvalue weighted by Crippen LogP contribution is -1.95. The lowest BCUT2D eigenvalue weighted by atomic mass is 9.96. The highest BCUT2D eigenvalue weighted by molar-refractivity contribution is 5.36. The fourth-order valence-corrected chi connectivity index (χ4v) is 1.42. The minimum absolute atomic E-state index is 0.0620. The van der Waals surface area contributed by atoms with E-state index in [0.717, 1.165) is 18.4 Å². The monoisotopic (exact) mass is 204 g/mol. The van der Waals surface area contributed by atoms with Gasteiger partial charge in [0.25, 0.3) is 5.69 Å². The largest absolute Gasteiger partial charge is 0.269 e. The van der Waals surface area contributed by atoms with Crippen molar-refractivity contribution in [3.63, 3.8) is 0 Å². The highest BCUT2D eigenvalue weighted by Crippen LogP contribution is 2.22. The molecule has 1 rings (SSSR count). The Bertz CT molecular complexity index is 379. The van der Waals surface area contributed by atoms with E-state index >= 15 is 0 Å². The fourth-order valence-electron chi connectivity index (χ4n) is 1.42. The Morgan fingerprint density at radius 2 is 2.07 bits per heavy atom. The summed E-state index contributed by atoms with van der Waals surface area (Å²) in [6, 6.07) is 8.39. The van der Waals surface area contributed by atoms with Gasteiger partial charge < -0.3 is 0 Å². The second kappa shape index (κ2) is 5.11. The van der Waals surface area contributed by atoms with Crippen LogP contribution in [-0.2, 0) is 0 Å². The quantitative estimate of drug-likeness (QED) is 0.559. The second-order valence-corrected chi connectivity index (χ2v) is 3.32. The second-order valence-electron chi connectivity index (χ2n) is 3.32. The fraction of sp³-hybridized carbons (Fsp3) is 0.364. The Balaban J connectivity index is 2.88. The molecule has 0 N–H and O–H groups in total. The van der Waals surface area contributed by atoms with Crippen LogP contribution in [-0.4, -0.2) is 4.92 Å². The maximum absolute atomic E-state index is 10.4. The molecule has 0 fully saturated rings. The summed E-state index contributed by atoms with van der Waals surface area (Å²) in [5.74, 6) is -0.157. The first-order chi connectivity index (χ1) is 7.19. The Morgan fingerprint density at radius 1 is 1.47 bits per heavy atom. The molecule has 0 bridgehead atoms. The van der Waals surface area contributed by atoms with Gasteiger partial charge in [-0.05, 0) is 12.0 Å². The normalized spacial score (nSPS) is 11.7. The van der Waals surface area contributed by atoms with E-state index in [1.807, 2.05) is 6.92 Å². The van der Waals surface area contributed by atoms with Gasteiger partial charge in [0.15, 0.2) is 0 Å². The van der Waals surface area contributed by atoms with Crippen LogP contribution in [0.25, 0.3) is 0 Å². The van der Waals surface area contributed by atoms with Gasteiger partial charge in [0.2, 0.25) is 0 Å². The number of nitriles is 1. The van der Waals surface area contributed by atoms with Crippen molar-refractivity contribution in [2.24, 2.45) is 0 Å². The molecule has 1 atom stereocenters. The summed E-state index contributed by atoms with van der Waals surface area (Å²) >= 11 is 0. The Labute approximate surface area is 88.3 Å². The van der Waals surface area contributed by atoms with Gasteiger partial charge in [-0.2, -0.15) is 5.26 Å². The lowest BCUT2D eigenvalue weighted by molar-refractivity contribution is -0.384. The van der Waals surface area contributed by atoms with Crippen LogP contribution in [0.3, 0.4) is 0 Å². The Hall–Kier alpha value is -1.89. The predicted octanol–water partition coefficient (Wildman–Crippen LogP) is 3.00. The summed E-state index contributed by atoms with van der Waals surface area (Å²) in [6.45, 7) is 2.01. The van der Waals surface area contributed by atoms with Crippen LogP contribution < -0.4 is 0 Å². The average Bonchev–Trinajstić information content (AvgIpc) is 2.26. The molecule has 0 aromatic heterocycles. The summed E-state index contributed by atoms with van der Waals surface area (Å²) < 4.78 is 0. The molecule has 78 valence electrons. The molecule has 1 aromatic carbocycles. The van der Waals surface area contributed by atoms with Crippen LogP contribution in [0.5, 0.6) is 0 Å². The van der Waals surface area contributed by atoms with Crippen molar-refractivity contribution in [3.8, 4) is 6.07 Å². The van der Waals surface area contributed by atoms with Crippen LogP contribution in [0.4, 0.5) is 5.69 Å². The summed E-state index contributed by atoms with van der Waals surface area (Å²) in [5, 5.41) is 19.3. The third kappa shape index (κ3) is 2.78. The van der Waals surface area contributed by atoms with Gasteiger partial charge in [-0.15, -0.1) is 0 Å². The third-order valence-corrected chi connectivity index (χ3v) is 2.24. The number of nitro benzene ring substituents is 1. The summed E-state index contributed by atoms with van der Waals surface area (Å²) in [4.78, 5) is 9.98. The van der Waals surface area contributed by atoms with Gasteiger partial charge >= 0.3 is 0 Å². The molecule has 0 aliphatic heterocycles. The van der Waals surface area contributed by atoms with Crippen molar-refractivity contribution in [3.05, 3.63) is 39.9 Å². The molecule has 1 unspecified atom stereocenters. The average molecular weight is 204 g/mol. The molecule has 0 amide bonds. The molecule has 1 aromatic rings. The predicted molar refractivity (Wildman–Crippen MR) is 56.4 cm³/mol. The number of hydrogen-bond acceptors (Lipinski definition) is 3. The number of nitro groups is 1. The Morgan fingerprint density at radius 3 is 2.47 bits per heavy atom. The van der Waals surface area contributed by atoms with E-state index in [4.69, 9.17) is 5.26 Å². The van der Waals surface area contributed by atoms with Crippen molar-refractivity contribution >= 4 is 5.69 Å². The molecule has 4 heteroatoms. The van der Waals surface area contributed by atoms with Crippen LogP contribution >= 0.6 is 0 Å². The summed E-state index contributed by atoms with van der Waals surface area (Å²) in [5.41, 5.74) is 0.914. The van der Waals surface area contributed by atoms with Crippen LogP contribution in [0, 0.1) is 21.4 Å². The highest BCUT2D eigenvalue weighted by atomic mass is 16.6. The molecular weight excluding hydrogens is 192 g/mol. The van der Waals surface area contributed by atoms with Gasteiger partial charge in [0.1, 0.15) is 0 Å². The van der Waals surface area contributed by atoms with Gasteiger partial charge in [-0.1, -0.05) is 25.5 Å². The number of nitrogens with zero attached hydrogens (tertiary/aromatic N) is 2. The zero-order valence-corrected chi connectivity index (χ0v) is 8.51. The van der Waals surface area contributed by atoms with Crippen molar-refractivity contribution < 1.29 is 4.92 Å². The molecule has 0 spiro atoms. The Kier molecular flexibility index (Phi) is 3.81. The number of rotatable bonds is 4. The van der Waals surface area contributed by atoms with E-state index in [1.54, 1.807) is 12.1 Å². The van der Waals surface area contributed by atoms with Crippen molar-refractivity contribution in [1.29, 1.82) is 5.26 Å². The van der Waals surface area contributed by atoms with Gasteiger partial charge in [0, 0.05) is 12.1 Å². The SMILES string of the molecule is CCCC(C#N)c1ccc([N+](=O)[O-])cc1. The molecule has 15 heavy (non-hydrogen) atoms.